The Hall–Kier alpha value is -5.29. The van der Waals surface area contributed by atoms with Crippen molar-refractivity contribution in [3.8, 4) is 16.8 Å². The molecular formula is C35H36FN7O3. The summed E-state index contributed by atoms with van der Waals surface area (Å²) in [5.74, 6) is -0.788. The van der Waals surface area contributed by atoms with Crippen LogP contribution in [0.3, 0.4) is 0 Å². The van der Waals surface area contributed by atoms with Crippen LogP contribution < -0.4 is 33.3 Å². The second kappa shape index (κ2) is 13.0. The van der Waals surface area contributed by atoms with E-state index in [1.54, 1.807) is 18.3 Å². The van der Waals surface area contributed by atoms with Crippen LogP contribution in [0.2, 0.25) is 0 Å². The number of aromatic nitrogens is 3. The number of allylic oxidation sites excluding steroid dienone is 2. The summed E-state index contributed by atoms with van der Waals surface area (Å²) >= 11 is 0. The van der Waals surface area contributed by atoms with Gasteiger partial charge in [0.15, 0.2) is 5.65 Å². The smallest absolute Gasteiger partial charge is 0.337 e. The molecule has 0 spiro atoms. The number of benzene rings is 2. The summed E-state index contributed by atoms with van der Waals surface area (Å²) in [4.78, 5) is 45.3. The van der Waals surface area contributed by atoms with E-state index in [9.17, 15) is 18.8 Å². The summed E-state index contributed by atoms with van der Waals surface area (Å²) in [6, 6.07) is 16.4. The number of nitrogens with one attached hydrogen (secondary N) is 2. The van der Waals surface area contributed by atoms with Crippen molar-refractivity contribution in [2.24, 2.45) is 11.5 Å². The number of amides is 1. The van der Waals surface area contributed by atoms with Crippen molar-refractivity contribution in [3.63, 3.8) is 0 Å². The van der Waals surface area contributed by atoms with Gasteiger partial charge in [0.25, 0.3) is 11.5 Å². The molecule has 1 saturated carbocycles. The highest BCUT2D eigenvalue weighted by molar-refractivity contribution is 5.92. The summed E-state index contributed by atoms with van der Waals surface area (Å²) in [6.45, 7) is 2.31. The zero-order valence-corrected chi connectivity index (χ0v) is 25.4. The van der Waals surface area contributed by atoms with Crippen LogP contribution in [0.5, 0.6) is 0 Å². The van der Waals surface area contributed by atoms with Gasteiger partial charge in [0.1, 0.15) is 11.5 Å². The average molecular weight is 622 g/mol. The maximum atomic E-state index is 14.2. The fraction of sp³-hybridized carbons (Fsp3) is 0.257. The molecule has 11 heteroatoms. The number of fused-ring (bicyclic) bond motifs is 1. The Morgan fingerprint density at radius 3 is 2.52 bits per heavy atom. The first kappa shape index (κ1) is 30.7. The van der Waals surface area contributed by atoms with Crippen LogP contribution in [-0.4, -0.2) is 32.1 Å². The maximum absolute atomic E-state index is 14.2. The molecule has 1 amide bonds. The summed E-state index contributed by atoms with van der Waals surface area (Å²) in [6.07, 6.45) is 9.49. The monoisotopic (exact) mass is 621 g/mol. The summed E-state index contributed by atoms with van der Waals surface area (Å²) < 4.78 is 16.1. The molecule has 0 aliphatic heterocycles. The predicted octanol–water partition coefficient (Wildman–Crippen LogP) is 3.76. The molecule has 2 aliphatic carbocycles. The summed E-state index contributed by atoms with van der Waals surface area (Å²) in [7, 11) is 0. The van der Waals surface area contributed by atoms with Gasteiger partial charge in [-0.1, -0.05) is 42.5 Å². The molecule has 1 atom stereocenters. The standard InChI is InChI=1S/C35H36FN7O3/c1-21-15-30-32(40-19-21)42(29-4-2-3-24(16-29)23-7-5-22(18-37)6-8-23)35(46)43(34(30)45)28-13-11-26(12-14-28)41-33(44)31(38)20-39-27-10-9-25(36)17-27/h2-10,15-17,19-20,26-28,39H,11-14,18,37-38H2,1H3,(H,41,44)/b31-20-. The zero-order chi connectivity index (χ0) is 32.4. The van der Waals surface area contributed by atoms with Crippen LogP contribution in [0.15, 0.2) is 106 Å². The van der Waals surface area contributed by atoms with Crippen LogP contribution in [-0.2, 0) is 11.3 Å². The highest BCUT2D eigenvalue weighted by atomic mass is 19.1. The normalized spacial score (nSPS) is 19.7. The second-order valence-electron chi connectivity index (χ2n) is 11.8. The molecule has 0 radical (unpaired) electrons. The molecule has 236 valence electrons. The van der Waals surface area contributed by atoms with E-state index in [1.807, 2.05) is 55.5 Å². The highest BCUT2D eigenvalue weighted by Crippen LogP contribution is 2.28. The fourth-order valence-electron chi connectivity index (χ4n) is 6.11. The summed E-state index contributed by atoms with van der Waals surface area (Å²) in [5.41, 5.74) is 15.5. The Morgan fingerprint density at radius 2 is 1.83 bits per heavy atom. The van der Waals surface area contributed by atoms with Gasteiger partial charge in [0, 0.05) is 31.0 Å². The minimum atomic E-state index is -0.457. The van der Waals surface area contributed by atoms with Crippen molar-refractivity contribution >= 4 is 16.9 Å². The third kappa shape index (κ3) is 6.27. The van der Waals surface area contributed by atoms with Gasteiger partial charge in [-0.15, -0.1) is 0 Å². The van der Waals surface area contributed by atoms with Crippen molar-refractivity contribution in [1.82, 2.24) is 24.8 Å². The lowest BCUT2D eigenvalue weighted by Crippen LogP contribution is -2.45. The number of hydrogen-bond donors (Lipinski definition) is 4. The Bertz CT molecular complexity index is 2000. The number of carbonyl (C=O) groups excluding carboxylic acids is 1. The number of carbonyl (C=O) groups is 1. The van der Waals surface area contributed by atoms with E-state index in [0.29, 0.717) is 48.9 Å². The lowest BCUT2D eigenvalue weighted by Gasteiger charge is -2.30. The Balaban J connectivity index is 1.26. The van der Waals surface area contributed by atoms with Gasteiger partial charge in [0.2, 0.25) is 0 Å². The van der Waals surface area contributed by atoms with Gasteiger partial charge < -0.3 is 22.1 Å². The molecule has 10 nitrogen and oxygen atoms in total. The average Bonchev–Trinajstić information content (AvgIpc) is 3.49. The van der Waals surface area contributed by atoms with Crippen LogP contribution in [0.1, 0.15) is 42.9 Å². The molecule has 6 N–H and O–H groups in total. The van der Waals surface area contributed by atoms with E-state index in [4.69, 9.17) is 11.5 Å². The van der Waals surface area contributed by atoms with Crippen molar-refractivity contribution in [3.05, 3.63) is 129 Å². The minimum Gasteiger partial charge on any atom is -0.393 e. The van der Waals surface area contributed by atoms with E-state index < -0.39 is 11.6 Å². The highest BCUT2D eigenvalue weighted by Gasteiger charge is 2.28. The molecule has 2 heterocycles. The molecule has 4 aromatic rings. The molecule has 1 unspecified atom stereocenters. The zero-order valence-electron chi connectivity index (χ0n) is 25.4. The number of hydrogen-bond acceptors (Lipinski definition) is 7. The molecule has 0 saturated heterocycles. The van der Waals surface area contributed by atoms with Crippen molar-refractivity contribution in [1.29, 1.82) is 0 Å². The lowest BCUT2D eigenvalue weighted by atomic mass is 9.90. The third-order valence-corrected chi connectivity index (χ3v) is 8.58. The number of nitrogens with two attached hydrogens (primary N) is 2. The van der Waals surface area contributed by atoms with Crippen LogP contribution in [0.4, 0.5) is 4.39 Å². The van der Waals surface area contributed by atoms with Gasteiger partial charge in [-0.3, -0.25) is 14.2 Å². The second-order valence-corrected chi connectivity index (χ2v) is 11.8. The Labute approximate surface area is 264 Å². The first-order valence-electron chi connectivity index (χ1n) is 15.3. The maximum Gasteiger partial charge on any atom is 0.337 e. The molecule has 46 heavy (non-hydrogen) atoms. The van der Waals surface area contributed by atoms with Crippen molar-refractivity contribution < 1.29 is 9.18 Å². The van der Waals surface area contributed by atoms with E-state index >= 15 is 0 Å². The van der Waals surface area contributed by atoms with E-state index in [-0.39, 0.29) is 35.2 Å². The van der Waals surface area contributed by atoms with Crippen molar-refractivity contribution in [2.75, 3.05) is 0 Å². The number of nitrogens with zero attached hydrogens (tertiary/aromatic N) is 3. The quantitative estimate of drug-likeness (QED) is 0.219. The largest absolute Gasteiger partial charge is 0.393 e. The lowest BCUT2D eigenvalue weighted by molar-refractivity contribution is -0.118. The first-order valence-corrected chi connectivity index (χ1v) is 15.3. The van der Waals surface area contributed by atoms with E-state index in [0.717, 1.165) is 22.3 Å². The Kier molecular flexibility index (Phi) is 8.67. The SMILES string of the molecule is Cc1cnc2c(c1)c(=O)n(C1CCC(NC(=O)/C(N)=C/NC3C=CC(F)=C3)CC1)c(=O)n2-c1cccc(-c2ccc(CN)cc2)c1. The molecule has 2 aromatic carbocycles. The van der Waals surface area contributed by atoms with Gasteiger partial charge in [-0.25, -0.2) is 18.7 Å². The number of aryl methyl sites for hydroxylation is 1. The topological polar surface area (TPSA) is 150 Å². The van der Waals surface area contributed by atoms with Gasteiger partial charge in [0.05, 0.1) is 17.1 Å². The molecule has 2 aromatic heterocycles. The Morgan fingerprint density at radius 1 is 1.07 bits per heavy atom. The van der Waals surface area contributed by atoms with E-state index in [2.05, 4.69) is 15.6 Å². The van der Waals surface area contributed by atoms with Gasteiger partial charge in [-0.2, -0.15) is 0 Å². The van der Waals surface area contributed by atoms with E-state index in [1.165, 1.54) is 27.5 Å². The first-order chi connectivity index (χ1) is 22.2. The fourth-order valence-corrected chi connectivity index (χ4v) is 6.11. The molecule has 1 fully saturated rings. The minimum absolute atomic E-state index is 0.0229. The van der Waals surface area contributed by atoms with Crippen LogP contribution in [0.25, 0.3) is 27.8 Å². The van der Waals surface area contributed by atoms with Crippen LogP contribution >= 0.6 is 0 Å². The molecule has 0 bridgehead atoms. The number of pyridine rings is 1. The summed E-state index contributed by atoms with van der Waals surface area (Å²) in [5, 5.41) is 6.20. The van der Waals surface area contributed by atoms with Crippen molar-refractivity contribution in [2.45, 2.75) is 57.3 Å². The molecule has 6 rings (SSSR count). The number of rotatable bonds is 8. The predicted molar refractivity (Wildman–Crippen MR) is 177 cm³/mol. The third-order valence-electron chi connectivity index (χ3n) is 8.58. The van der Waals surface area contributed by atoms with Gasteiger partial charge >= 0.3 is 5.69 Å². The molecule has 2 aliphatic rings. The van der Waals surface area contributed by atoms with Crippen LogP contribution in [0, 0.1) is 6.92 Å². The number of halogens is 1. The van der Waals surface area contributed by atoms with Gasteiger partial charge in [-0.05, 0) is 85.2 Å². The molecular weight excluding hydrogens is 585 g/mol.